The molecule has 0 aliphatic carbocycles. The fraction of sp³-hybridized carbons (Fsp3) is 0.450. The quantitative estimate of drug-likeness (QED) is 0.821. The number of hydrogen-bond acceptors (Lipinski definition) is 2. The molecule has 1 saturated heterocycles. The number of hydrogen-bond donors (Lipinski definition) is 1. The Kier molecular flexibility index (Phi) is 4.50. The minimum absolute atomic E-state index is 0.0847. The molecular weight excluding hydrogens is 300 g/mol. The number of nitrogens with one attached hydrogen (secondary N) is 1. The molecule has 1 aliphatic heterocycles. The molecule has 4 nitrogen and oxygen atoms in total. The molecule has 24 heavy (non-hydrogen) atoms. The lowest BCUT2D eigenvalue weighted by Crippen LogP contribution is -2.36. The van der Waals surface area contributed by atoms with E-state index in [0.717, 1.165) is 18.4 Å². The third-order valence-electron chi connectivity index (χ3n) is 5.12. The van der Waals surface area contributed by atoms with Crippen LogP contribution in [0.25, 0.3) is 10.9 Å². The predicted octanol–water partition coefficient (Wildman–Crippen LogP) is 3.77. The molecule has 0 radical (unpaired) electrons. The highest BCUT2D eigenvalue weighted by Crippen LogP contribution is 2.33. The molecule has 1 aromatic carbocycles. The zero-order chi connectivity index (χ0) is 17.3. The van der Waals surface area contributed by atoms with Gasteiger partial charge in [0.25, 0.3) is 0 Å². The zero-order valence-corrected chi connectivity index (χ0v) is 14.8. The summed E-state index contributed by atoms with van der Waals surface area (Å²) in [7, 11) is 1.67. The monoisotopic (exact) mass is 326 g/mol. The Morgan fingerprint density at radius 2 is 2.17 bits per heavy atom. The Hall–Kier alpha value is -2.07. The standard InChI is InChI=1S/C20H26N2O2/c1-5-20(2,3)19-15(14-8-6-7-9-16(14)21-19)12-13-22-17(23)10-11-18(22)24-4/h5-9,18,21H,1,10-13H2,2-4H3. The average molecular weight is 326 g/mol. The van der Waals surface area contributed by atoms with Gasteiger partial charge >= 0.3 is 0 Å². The number of nitrogens with zero attached hydrogens (tertiary/aromatic N) is 1. The van der Waals surface area contributed by atoms with E-state index in [1.165, 1.54) is 16.6 Å². The first-order valence-corrected chi connectivity index (χ1v) is 8.54. The predicted molar refractivity (Wildman–Crippen MR) is 97.0 cm³/mol. The average Bonchev–Trinajstić information content (AvgIpc) is 3.13. The van der Waals surface area contributed by atoms with Crippen molar-refractivity contribution in [2.45, 2.75) is 44.8 Å². The Bertz CT molecular complexity index is 760. The van der Waals surface area contributed by atoms with Gasteiger partial charge in [-0.3, -0.25) is 4.79 Å². The Balaban J connectivity index is 1.94. The summed E-state index contributed by atoms with van der Waals surface area (Å²) in [6.07, 6.45) is 4.06. The number of para-hydroxylation sites is 1. The molecule has 1 fully saturated rings. The molecule has 0 spiro atoms. The van der Waals surface area contributed by atoms with Crippen LogP contribution in [0.4, 0.5) is 0 Å². The van der Waals surface area contributed by atoms with Gasteiger partial charge in [-0.1, -0.05) is 38.1 Å². The van der Waals surface area contributed by atoms with Gasteiger partial charge in [0.05, 0.1) is 0 Å². The number of carbonyl (C=O) groups excluding carboxylic acids is 1. The molecule has 1 atom stereocenters. The number of carbonyl (C=O) groups is 1. The van der Waals surface area contributed by atoms with Gasteiger partial charge in [0, 0.05) is 48.5 Å². The molecule has 1 aliphatic rings. The summed E-state index contributed by atoms with van der Waals surface area (Å²) in [5.74, 6) is 0.186. The molecule has 4 heteroatoms. The lowest BCUT2D eigenvalue weighted by molar-refractivity contribution is -0.134. The first kappa shape index (κ1) is 16.8. The van der Waals surface area contributed by atoms with Crippen LogP contribution in [0.5, 0.6) is 0 Å². The molecule has 128 valence electrons. The molecule has 2 heterocycles. The summed E-state index contributed by atoms with van der Waals surface area (Å²) in [5.41, 5.74) is 3.43. The number of rotatable bonds is 6. The number of fused-ring (bicyclic) bond motifs is 1. The summed E-state index contributed by atoms with van der Waals surface area (Å²) in [5, 5.41) is 1.23. The summed E-state index contributed by atoms with van der Waals surface area (Å²) in [6.45, 7) is 8.99. The van der Waals surface area contributed by atoms with E-state index in [1.54, 1.807) is 7.11 Å². The molecule has 0 bridgehead atoms. The van der Waals surface area contributed by atoms with Gasteiger partial charge in [-0.25, -0.2) is 0 Å². The van der Waals surface area contributed by atoms with Crippen molar-refractivity contribution in [1.82, 2.24) is 9.88 Å². The second-order valence-corrected chi connectivity index (χ2v) is 7.02. The number of aromatic nitrogens is 1. The van der Waals surface area contributed by atoms with Crippen molar-refractivity contribution in [1.29, 1.82) is 0 Å². The van der Waals surface area contributed by atoms with Crippen LogP contribution >= 0.6 is 0 Å². The van der Waals surface area contributed by atoms with Crippen LogP contribution in [-0.4, -0.2) is 35.7 Å². The van der Waals surface area contributed by atoms with Crippen LogP contribution < -0.4 is 0 Å². The van der Waals surface area contributed by atoms with Gasteiger partial charge in [-0.15, -0.1) is 6.58 Å². The third kappa shape index (κ3) is 2.86. The normalized spacial score (nSPS) is 18.5. The van der Waals surface area contributed by atoms with Crippen molar-refractivity contribution < 1.29 is 9.53 Å². The van der Waals surface area contributed by atoms with E-state index < -0.39 is 0 Å². The zero-order valence-electron chi connectivity index (χ0n) is 14.8. The topological polar surface area (TPSA) is 45.3 Å². The molecular formula is C20H26N2O2. The van der Waals surface area contributed by atoms with E-state index in [9.17, 15) is 4.79 Å². The van der Waals surface area contributed by atoms with Crippen molar-refractivity contribution in [2.24, 2.45) is 0 Å². The van der Waals surface area contributed by atoms with Gasteiger partial charge in [0.2, 0.25) is 5.91 Å². The van der Waals surface area contributed by atoms with Crippen LogP contribution in [0.3, 0.4) is 0 Å². The van der Waals surface area contributed by atoms with E-state index in [-0.39, 0.29) is 17.6 Å². The highest BCUT2D eigenvalue weighted by Gasteiger charge is 2.31. The minimum Gasteiger partial charge on any atom is -0.362 e. The second-order valence-electron chi connectivity index (χ2n) is 7.02. The summed E-state index contributed by atoms with van der Waals surface area (Å²) in [4.78, 5) is 17.6. The van der Waals surface area contributed by atoms with E-state index in [2.05, 4.69) is 43.6 Å². The molecule has 3 rings (SSSR count). The van der Waals surface area contributed by atoms with Crippen LogP contribution in [0.15, 0.2) is 36.9 Å². The molecule has 1 amide bonds. The van der Waals surface area contributed by atoms with Gasteiger partial charge in [-0.05, 0) is 18.1 Å². The third-order valence-corrected chi connectivity index (χ3v) is 5.12. The van der Waals surface area contributed by atoms with Crippen LogP contribution in [0.2, 0.25) is 0 Å². The van der Waals surface area contributed by atoms with Gasteiger partial charge < -0.3 is 14.6 Å². The molecule has 0 saturated carbocycles. The summed E-state index contributed by atoms with van der Waals surface area (Å²) in [6, 6.07) is 8.34. The lowest BCUT2D eigenvalue weighted by Gasteiger charge is -2.25. The largest absolute Gasteiger partial charge is 0.362 e. The van der Waals surface area contributed by atoms with Crippen molar-refractivity contribution in [3.63, 3.8) is 0 Å². The van der Waals surface area contributed by atoms with Gasteiger partial charge in [-0.2, -0.15) is 0 Å². The van der Waals surface area contributed by atoms with Gasteiger partial charge in [0.1, 0.15) is 6.23 Å². The maximum absolute atomic E-state index is 12.1. The summed E-state index contributed by atoms with van der Waals surface area (Å²) < 4.78 is 5.45. The lowest BCUT2D eigenvalue weighted by atomic mass is 9.86. The Morgan fingerprint density at radius 1 is 1.42 bits per heavy atom. The number of benzene rings is 1. The smallest absolute Gasteiger partial charge is 0.224 e. The van der Waals surface area contributed by atoms with Crippen molar-refractivity contribution in [2.75, 3.05) is 13.7 Å². The van der Waals surface area contributed by atoms with Crippen LogP contribution in [0.1, 0.15) is 37.9 Å². The van der Waals surface area contributed by atoms with Crippen molar-refractivity contribution in [3.05, 3.63) is 48.2 Å². The van der Waals surface area contributed by atoms with E-state index in [1.807, 2.05) is 17.0 Å². The maximum Gasteiger partial charge on any atom is 0.224 e. The van der Waals surface area contributed by atoms with Crippen molar-refractivity contribution in [3.8, 4) is 0 Å². The van der Waals surface area contributed by atoms with Crippen LogP contribution in [-0.2, 0) is 21.4 Å². The molecule has 1 aromatic heterocycles. The maximum atomic E-state index is 12.1. The van der Waals surface area contributed by atoms with E-state index >= 15 is 0 Å². The Morgan fingerprint density at radius 3 is 2.88 bits per heavy atom. The first-order valence-electron chi connectivity index (χ1n) is 8.54. The van der Waals surface area contributed by atoms with Crippen LogP contribution in [0, 0.1) is 0 Å². The fourth-order valence-corrected chi connectivity index (χ4v) is 3.56. The molecule has 2 aromatic rings. The van der Waals surface area contributed by atoms with Gasteiger partial charge in [0.15, 0.2) is 0 Å². The first-order chi connectivity index (χ1) is 11.5. The number of amides is 1. The number of ether oxygens (including phenoxy) is 1. The minimum atomic E-state index is -0.149. The highest BCUT2D eigenvalue weighted by atomic mass is 16.5. The summed E-state index contributed by atoms with van der Waals surface area (Å²) >= 11 is 0. The van der Waals surface area contributed by atoms with Crippen molar-refractivity contribution >= 4 is 16.8 Å². The number of likely N-dealkylation sites (tertiary alicyclic amines) is 1. The van der Waals surface area contributed by atoms with E-state index in [4.69, 9.17) is 4.74 Å². The number of allylic oxidation sites excluding steroid dienone is 1. The second kappa shape index (κ2) is 6.44. The highest BCUT2D eigenvalue weighted by molar-refractivity contribution is 5.85. The molecule has 1 N–H and O–H groups in total. The van der Waals surface area contributed by atoms with E-state index in [0.29, 0.717) is 13.0 Å². The SMILES string of the molecule is C=CC(C)(C)c1[nH]c2ccccc2c1CCN1C(=O)CCC1OC. The Labute approximate surface area is 143 Å². The number of methoxy groups -OCH3 is 1. The number of aromatic amines is 1. The fourth-order valence-electron chi connectivity index (χ4n) is 3.56. The number of H-pyrrole nitrogens is 1. The molecule has 1 unspecified atom stereocenters.